The van der Waals surface area contributed by atoms with Crippen LogP contribution < -0.4 is 5.73 Å². The van der Waals surface area contributed by atoms with Gasteiger partial charge in [0.2, 0.25) is 5.91 Å². The molecule has 2 atom stereocenters. The van der Waals surface area contributed by atoms with Gasteiger partial charge in [-0.15, -0.1) is 0 Å². The van der Waals surface area contributed by atoms with Gasteiger partial charge in [-0.3, -0.25) is 4.79 Å². The van der Waals surface area contributed by atoms with E-state index in [-0.39, 0.29) is 0 Å². The smallest absolute Gasteiger partial charge is 0.223 e. The van der Waals surface area contributed by atoms with E-state index >= 15 is 0 Å². The number of amides is 1. The summed E-state index contributed by atoms with van der Waals surface area (Å²) in [5.41, 5.74) is 7.24. The van der Waals surface area contributed by atoms with Gasteiger partial charge in [0.05, 0.1) is 0 Å². The molecule has 1 aliphatic carbocycles. The van der Waals surface area contributed by atoms with E-state index in [9.17, 15) is 4.79 Å². The van der Waals surface area contributed by atoms with Crippen molar-refractivity contribution >= 4 is 5.91 Å². The van der Waals surface area contributed by atoms with Gasteiger partial charge in [0.15, 0.2) is 0 Å². The average molecular weight is 314 g/mol. The van der Waals surface area contributed by atoms with Crippen molar-refractivity contribution in [3.63, 3.8) is 0 Å². The maximum Gasteiger partial charge on any atom is 0.223 e. The van der Waals surface area contributed by atoms with Crippen LogP contribution in [0.15, 0.2) is 30.3 Å². The Kier molecular flexibility index (Phi) is 5.37. The Labute approximate surface area is 140 Å². The second-order valence-corrected chi connectivity index (χ2v) is 7.57. The van der Waals surface area contributed by atoms with E-state index in [4.69, 9.17) is 5.73 Å². The minimum Gasteiger partial charge on any atom is -0.340 e. The third-order valence-electron chi connectivity index (χ3n) is 5.90. The van der Waals surface area contributed by atoms with Gasteiger partial charge in [-0.25, -0.2) is 0 Å². The van der Waals surface area contributed by atoms with Crippen LogP contribution >= 0.6 is 0 Å². The van der Waals surface area contributed by atoms with Crippen molar-refractivity contribution < 1.29 is 4.79 Å². The normalized spacial score (nSPS) is 31.3. The van der Waals surface area contributed by atoms with E-state index < -0.39 is 0 Å². The lowest BCUT2D eigenvalue weighted by Gasteiger charge is -2.30. The molecule has 0 radical (unpaired) electrons. The van der Waals surface area contributed by atoms with Crippen LogP contribution in [-0.2, 0) is 4.79 Å². The lowest BCUT2D eigenvalue weighted by atomic mass is 9.77. The zero-order valence-corrected chi connectivity index (χ0v) is 14.3. The highest BCUT2D eigenvalue weighted by Gasteiger charge is 2.33. The molecule has 3 heteroatoms. The van der Waals surface area contributed by atoms with Gasteiger partial charge in [0, 0.05) is 19.0 Å². The van der Waals surface area contributed by atoms with Crippen molar-refractivity contribution in [3.05, 3.63) is 35.9 Å². The van der Waals surface area contributed by atoms with Crippen LogP contribution in [0.3, 0.4) is 0 Å². The van der Waals surface area contributed by atoms with E-state index in [1.165, 1.54) is 31.2 Å². The molecule has 1 amide bonds. The number of nitrogens with zero attached hydrogens (tertiary/aromatic N) is 1. The molecule has 2 unspecified atom stereocenters. The third-order valence-corrected chi connectivity index (χ3v) is 5.90. The molecule has 1 saturated heterocycles. The van der Waals surface area contributed by atoms with Crippen molar-refractivity contribution in [3.8, 4) is 0 Å². The molecule has 23 heavy (non-hydrogen) atoms. The number of likely N-dealkylation sites (tertiary alicyclic amines) is 1. The lowest BCUT2D eigenvalue weighted by Crippen LogP contribution is -2.36. The molecule has 2 fully saturated rings. The zero-order chi connectivity index (χ0) is 16.2. The molecule has 2 N–H and O–H groups in total. The van der Waals surface area contributed by atoms with Gasteiger partial charge in [-0.1, -0.05) is 30.3 Å². The number of rotatable bonds is 4. The first kappa shape index (κ1) is 16.5. The maximum atomic E-state index is 12.6. The van der Waals surface area contributed by atoms with Crippen LogP contribution in [0.2, 0.25) is 0 Å². The van der Waals surface area contributed by atoms with Crippen molar-refractivity contribution in [2.45, 2.75) is 57.4 Å². The van der Waals surface area contributed by atoms with Gasteiger partial charge in [0.1, 0.15) is 0 Å². The Hall–Kier alpha value is -1.35. The summed E-state index contributed by atoms with van der Waals surface area (Å²) in [6.45, 7) is 3.74. The molecular formula is C20H30N2O. The summed E-state index contributed by atoms with van der Waals surface area (Å²) in [5, 5.41) is 0. The second kappa shape index (κ2) is 7.48. The van der Waals surface area contributed by atoms with Crippen LogP contribution in [0.1, 0.15) is 56.9 Å². The van der Waals surface area contributed by atoms with Crippen LogP contribution in [0, 0.1) is 11.8 Å². The Morgan fingerprint density at radius 2 is 1.83 bits per heavy atom. The topological polar surface area (TPSA) is 46.3 Å². The van der Waals surface area contributed by atoms with E-state index in [0.29, 0.717) is 36.2 Å². The van der Waals surface area contributed by atoms with Crippen molar-refractivity contribution in [1.29, 1.82) is 0 Å². The fourth-order valence-corrected chi connectivity index (χ4v) is 4.45. The number of benzene rings is 1. The molecule has 3 rings (SSSR count). The lowest BCUT2D eigenvalue weighted by molar-refractivity contribution is -0.133. The number of nitrogens with two attached hydrogens (primary N) is 1. The predicted octanol–water partition coefficient (Wildman–Crippen LogP) is 3.55. The summed E-state index contributed by atoms with van der Waals surface area (Å²) in [4.78, 5) is 14.7. The predicted molar refractivity (Wildman–Crippen MR) is 94.1 cm³/mol. The molecule has 0 aromatic heterocycles. The number of hydrogen-bond donors (Lipinski definition) is 1. The largest absolute Gasteiger partial charge is 0.340 e. The number of carbonyl (C=O) groups excluding carboxylic acids is 1. The van der Waals surface area contributed by atoms with Crippen LogP contribution in [-0.4, -0.2) is 29.9 Å². The van der Waals surface area contributed by atoms with Gasteiger partial charge in [-0.2, -0.15) is 0 Å². The monoisotopic (exact) mass is 314 g/mol. The SMILES string of the molecule is CC1CC(CN)CN1C(=O)CC1CCC(c2ccccc2)CC1. The molecule has 1 aromatic carbocycles. The molecule has 1 aliphatic heterocycles. The molecule has 1 aromatic rings. The second-order valence-electron chi connectivity index (χ2n) is 7.57. The third kappa shape index (κ3) is 3.95. The zero-order valence-electron chi connectivity index (χ0n) is 14.3. The Morgan fingerprint density at radius 3 is 2.43 bits per heavy atom. The van der Waals surface area contributed by atoms with E-state index in [1.54, 1.807) is 0 Å². The van der Waals surface area contributed by atoms with E-state index in [0.717, 1.165) is 19.4 Å². The van der Waals surface area contributed by atoms with Gasteiger partial charge in [0.25, 0.3) is 0 Å². The quantitative estimate of drug-likeness (QED) is 0.924. The molecular weight excluding hydrogens is 284 g/mol. The van der Waals surface area contributed by atoms with Crippen molar-refractivity contribution in [1.82, 2.24) is 4.90 Å². The van der Waals surface area contributed by atoms with Gasteiger partial charge >= 0.3 is 0 Å². The maximum absolute atomic E-state index is 12.6. The summed E-state index contributed by atoms with van der Waals surface area (Å²) in [6.07, 6.45) is 6.64. The average Bonchev–Trinajstić information content (AvgIpc) is 2.97. The van der Waals surface area contributed by atoms with E-state index in [2.05, 4.69) is 42.2 Å². The van der Waals surface area contributed by atoms with Crippen LogP contribution in [0.5, 0.6) is 0 Å². The highest BCUT2D eigenvalue weighted by Crippen LogP contribution is 2.37. The van der Waals surface area contributed by atoms with Gasteiger partial charge in [-0.05, 0) is 68.9 Å². The molecule has 1 saturated carbocycles. The summed E-state index contributed by atoms with van der Waals surface area (Å²) < 4.78 is 0. The Balaban J connectivity index is 1.48. The number of carbonyl (C=O) groups is 1. The highest BCUT2D eigenvalue weighted by molar-refractivity contribution is 5.77. The van der Waals surface area contributed by atoms with Gasteiger partial charge < -0.3 is 10.6 Å². The molecule has 3 nitrogen and oxygen atoms in total. The Morgan fingerprint density at radius 1 is 1.13 bits per heavy atom. The molecule has 0 bridgehead atoms. The molecule has 1 heterocycles. The summed E-state index contributed by atoms with van der Waals surface area (Å²) >= 11 is 0. The first-order valence-corrected chi connectivity index (χ1v) is 9.21. The van der Waals surface area contributed by atoms with Crippen molar-refractivity contribution in [2.24, 2.45) is 17.6 Å². The summed E-state index contributed by atoms with van der Waals surface area (Å²) in [6, 6.07) is 11.2. The van der Waals surface area contributed by atoms with Crippen molar-refractivity contribution in [2.75, 3.05) is 13.1 Å². The van der Waals surface area contributed by atoms with E-state index in [1.807, 2.05) is 0 Å². The number of hydrogen-bond acceptors (Lipinski definition) is 2. The fraction of sp³-hybridized carbons (Fsp3) is 0.650. The summed E-state index contributed by atoms with van der Waals surface area (Å²) in [7, 11) is 0. The standard InChI is InChI=1S/C20H30N2O/c1-15-11-17(13-21)14-22(15)20(23)12-16-7-9-19(10-8-16)18-5-3-2-4-6-18/h2-6,15-17,19H,7-14,21H2,1H3. The summed E-state index contributed by atoms with van der Waals surface area (Å²) in [5.74, 6) is 2.13. The minimum absolute atomic E-state index is 0.358. The first-order valence-electron chi connectivity index (χ1n) is 9.21. The van der Waals surface area contributed by atoms with Crippen LogP contribution in [0.25, 0.3) is 0 Å². The minimum atomic E-state index is 0.358. The fourth-order valence-electron chi connectivity index (χ4n) is 4.45. The molecule has 2 aliphatic rings. The Bertz CT molecular complexity index is 508. The van der Waals surface area contributed by atoms with Crippen LogP contribution in [0.4, 0.5) is 0 Å². The molecule has 126 valence electrons. The highest BCUT2D eigenvalue weighted by atomic mass is 16.2. The molecule has 0 spiro atoms. The first-order chi connectivity index (χ1) is 11.2.